The van der Waals surface area contributed by atoms with Crippen molar-refractivity contribution in [2.24, 2.45) is 0 Å². The van der Waals surface area contributed by atoms with E-state index >= 15 is 0 Å². The maximum atomic E-state index is 13.3. The van der Waals surface area contributed by atoms with E-state index in [1.54, 1.807) is 4.90 Å². The second-order valence-corrected chi connectivity index (χ2v) is 8.34. The van der Waals surface area contributed by atoms with Crippen molar-refractivity contribution in [2.75, 3.05) is 44.3 Å². The predicted octanol–water partition coefficient (Wildman–Crippen LogP) is 4.80. The van der Waals surface area contributed by atoms with Gasteiger partial charge in [0.1, 0.15) is 5.82 Å². The Hall–Kier alpha value is -1.77. The molecule has 0 saturated carbocycles. The Balaban J connectivity index is 0.00000256. The molecule has 0 radical (unpaired) electrons. The van der Waals surface area contributed by atoms with E-state index in [0.717, 1.165) is 28.9 Å². The van der Waals surface area contributed by atoms with E-state index in [1.807, 2.05) is 19.1 Å². The second kappa shape index (κ2) is 10.0. The highest BCUT2D eigenvalue weighted by Gasteiger charge is 2.23. The van der Waals surface area contributed by atoms with Gasteiger partial charge in [0, 0.05) is 31.7 Å². The van der Waals surface area contributed by atoms with Gasteiger partial charge in [-0.15, -0.1) is 12.4 Å². The molecule has 1 aromatic heterocycles. The predicted molar refractivity (Wildman–Crippen MR) is 122 cm³/mol. The van der Waals surface area contributed by atoms with Crippen LogP contribution in [0.5, 0.6) is 0 Å². The zero-order valence-electron chi connectivity index (χ0n) is 16.4. The van der Waals surface area contributed by atoms with Crippen molar-refractivity contribution in [1.29, 1.82) is 0 Å². The van der Waals surface area contributed by atoms with Gasteiger partial charge < -0.3 is 4.74 Å². The van der Waals surface area contributed by atoms with Gasteiger partial charge in [0.15, 0.2) is 5.13 Å². The number of benzene rings is 2. The quantitative estimate of drug-likeness (QED) is 0.538. The number of ether oxygens (including phenoxy) is 1. The van der Waals surface area contributed by atoms with Crippen LogP contribution in [0, 0.1) is 12.7 Å². The molecule has 0 unspecified atom stereocenters. The average molecular weight is 470 g/mol. The molecule has 1 aliphatic heterocycles. The number of fused-ring (bicyclic) bond motifs is 1. The van der Waals surface area contributed by atoms with E-state index in [2.05, 4.69) is 4.90 Å². The van der Waals surface area contributed by atoms with E-state index in [4.69, 9.17) is 21.3 Å². The minimum Gasteiger partial charge on any atom is -0.379 e. The minimum atomic E-state index is -0.371. The fraction of sp³-hybridized carbons (Fsp3) is 0.333. The number of nitrogens with zero attached hydrogens (tertiary/aromatic N) is 3. The molecule has 30 heavy (non-hydrogen) atoms. The topological polar surface area (TPSA) is 45.7 Å². The fourth-order valence-electron chi connectivity index (χ4n) is 3.30. The molecule has 5 nitrogen and oxygen atoms in total. The lowest BCUT2D eigenvalue weighted by Gasteiger charge is -2.29. The Labute approximate surface area is 189 Å². The number of hydrogen-bond donors (Lipinski definition) is 0. The molecule has 1 saturated heterocycles. The first-order chi connectivity index (χ1) is 14.0. The number of morpholine rings is 1. The number of rotatable bonds is 5. The lowest BCUT2D eigenvalue weighted by molar-refractivity contribution is 0.0391. The standard InChI is InChI=1S/C21H21ClFN3O2S.ClH/c1-14-2-7-17(22)19-18(14)24-21(29-19)26(9-8-25-10-12-28-13-11-25)20(27)15-3-5-16(23)6-4-15;/h2-7H,8-13H2,1H3;1H. The first-order valence-corrected chi connectivity index (χ1v) is 10.7. The number of hydrogen-bond acceptors (Lipinski definition) is 5. The Morgan fingerprint density at radius 3 is 2.60 bits per heavy atom. The van der Waals surface area contributed by atoms with Crippen LogP contribution in [-0.2, 0) is 4.74 Å². The van der Waals surface area contributed by atoms with Crippen LogP contribution in [0.3, 0.4) is 0 Å². The minimum absolute atomic E-state index is 0. The average Bonchev–Trinajstić information content (AvgIpc) is 3.19. The van der Waals surface area contributed by atoms with Crippen molar-refractivity contribution in [2.45, 2.75) is 6.92 Å². The zero-order chi connectivity index (χ0) is 20.4. The van der Waals surface area contributed by atoms with Crippen LogP contribution in [0.25, 0.3) is 10.2 Å². The monoisotopic (exact) mass is 469 g/mol. The smallest absolute Gasteiger partial charge is 0.260 e. The molecular formula is C21H22Cl2FN3O2S. The van der Waals surface area contributed by atoms with Crippen LogP contribution < -0.4 is 4.90 Å². The summed E-state index contributed by atoms with van der Waals surface area (Å²) >= 11 is 7.77. The Bertz CT molecular complexity index is 984. The largest absolute Gasteiger partial charge is 0.379 e. The third-order valence-corrected chi connectivity index (χ3v) is 6.54. The van der Waals surface area contributed by atoms with Crippen LogP contribution in [0.1, 0.15) is 15.9 Å². The third-order valence-electron chi connectivity index (χ3n) is 5.00. The third kappa shape index (κ3) is 4.92. The maximum absolute atomic E-state index is 13.3. The molecule has 9 heteroatoms. The number of amides is 1. The highest BCUT2D eigenvalue weighted by molar-refractivity contribution is 7.23. The summed E-state index contributed by atoms with van der Waals surface area (Å²) < 4.78 is 19.6. The lowest BCUT2D eigenvalue weighted by Crippen LogP contribution is -2.43. The van der Waals surface area contributed by atoms with E-state index in [0.29, 0.717) is 42.0 Å². The van der Waals surface area contributed by atoms with Crippen molar-refractivity contribution in [1.82, 2.24) is 9.88 Å². The van der Waals surface area contributed by atoms with Crippen molar-refractivity contribution in [3.8, 4) is 0 Å². The van der Waals surface area contributed by atoms with Crippen molar-refractivity contribution in [3.63, 3.8) is 0 Å². The summed E-state index contributed by atoms with van der Waals surface area (Å²) in [6.45, 7) is 6.23. The van der Waals surface area contributed by atoms with Gasteiger partial charge in [-0.05, 0) is 42.8 Å². The molecule has 1 aliphatic rings. The molecule has 4 rings (SSSR count). The number of anilines is 1. The first kappa shape index (κ1) is 22.9. The Morgan fingerprint density at radius 2 is 1.93 bits per heavy atom. The summed E-state index contributed by atoms with van der Waals surface area (Å²) in [5, 5.41) is 1.22. The molecule has 2 aromatic carbocycles. The Morgan fingerprint density at radius 1 is 1.23 bits per heavy atom. The molecule has 0 bridgehead atoms. The van der Waals surface area contributed by atoms with Crippen LogP contribution in [0.15, 0.2) is 36.4 Å². The van der Waals surface area contributed by atoms with Gasteiger partial charge in [-0.1, -0.05) is 29.0 Å². The van der Waals surface area contributed by atoms with E-state index in [-0.39, 0.29) is 24.1 Å². The van der Waals surface area contributed by atoms with E-state index < -0.39 is 0 Å². The molecule has 1 fully saturated rings. The van der Waals surface area contributed by atoms with Crippen molar-refractivity contribution < 1.29 is 13.9 Å². The van der Waals surface area contributed by atoms with Crippen molar-refractivity contribution in [3.05, 3.63) is 58.4 Å². The summed E-state index contributed by atoms with van der Waals surface area (Å²) in [4.78, 5) is 21.9. The Kier molecular flexibility index (Phi) is 7.65. The molecule has 0 spiro atoms. The van der Waals surface area contributed by atoms with Gasteiger partial charge in [0.2, 0.25) is 0 Å². The maximum Gasteiger partial charge on any atom is 0.260 e. The second-order valence-electron chi connectivity index (χ2n) is 6.96. The molecule has 0 atom stereocenters. The van der Waals surface area contributed by atoms with Gasteiger partial charge in [-0.3, -0.25) is 14.6 Å². The molecule has 0 aliphatic carbocycles. The summed E-state index contributed by atoms with van der Waals surface area (Å²) in [5.74, 6) is -0.574. The SMILES string of the molecule is Cc1ccc(Cl)c2sc(N(CCN3CCOCC3)C(=O)c3ccc(F)cc3)nc12.Cl. The molecule has 2 heterocycles. The summed E-state index contributed by atoms with van der Waals surface area (Å²) in [5.41, 5.74) is 2.24. The summed E-state index contributed by atoms with van der Waals surface area (Å²) in [7, 11) is 0. The zero-order valence-corrected chi connectivity index (χ0v) is 18.8. The number of aryl methyl sites for hydroxylation is 1. The normalized spacial score (nSPS) is 14.5. The number of carbonyl (C=O) groups is 1. The van der Waals surface area contributed by atoms with E-state index in [1.165, 1.54) is 35.6 Å². The number of thiazole rings is 1. The van der Waals surface area contributed by atoms with Crippen LogP contribution in [0.2, 0.25) is 5.02 Å². The number of carbonyl (C=O) groups excluding carboxylic acids is 1. The van der Waals surface area contributed by atoms with Gasteiger partial charge in [0.05, 0.1) is 28.5 Å². The number of aromatic nitrogens is 1. The molecular weight excluding hydrogens is 448 g/mol. The fourth-order valence-corrected chi connectivity index (χ4v) is 4.65. The van der Waals surface area contributed by atoms with Crippen molar-refractivity contribution >= 4 is 56.6 Å². The van der Waals surface area contributed by atoms with Gasteiger partial charge >= 0.3 is 0 Å². The van der Waals surface area contributed by atoms with Gasteiger partial charge in [-0.2, -0.15) is 0 Å². The van der Waals surface area contributed by atoms with E-state index in [9.17, 15) is 9.18 Å². The van der Waals surface area contributed by atoms with Gasteiger partial charge in [0.25, 0.3) is 5.91 Å². The van der Waals surface area contributed by atoms with Crippen LogP contribution >= 0.6 is 35.3 Å². The van der Waals surface area contributed by atoms with Crippen LogP contribution in [0.4, 0.5) is 9.52 Å². The number of halogens is 3. The summed E-state index contributed by atoms with van der Waals surface area (Å²) in [6, 6.07) is 9.38. The molecule has 1 amide bonds. The highest BCUT2D eigenvalue weighted by Crippen LogP contribution is 2.36. The molecule has 0 N–H and O–H groups in total. The molecule has 160 valence electrons. The molecule has 3 aromatic rings. The first-order valence-electron chi connectivity index (χ1n) is 9.46. The highest BCUT2D eigenvalue weighted by atomic mass is 35.5. The summed E-state index contributed by atoms with van der Waals surface area (Å²) in [6.07, 6.45) is 0. The van der Waals surface area contributed by atoms with Crippen LogP contribution in [-0.4, -0.2) is 55.2 Å². The van der Waals surface area contributed by atoms with Gasteiger partial charge in [-0.25, -0.2) is 9.37 Å². The lowest BCUT2D eigenvalue weighted by atomic mass is 10.2.